The first-order valence-electron chi connectivity index (χ1n) is 6.64. The molecule has 0 unspecified atom stereocenters. The molecule has 2 aromatic rings. The molecule has 0 fully saturated rings. The fraction of sp³-hybridized carbons (Fsp3) is 0.188. The average Bonchev–Trinajstić information content (AvgIpc) is 2.90. The highest BCUT2D eigenvalue weighted by atomic mass is 16.6. The fourth-order valence-corrected chi connectivity index (χ4v) is 2.96. The second-order valence-electron chi connectivity index (χ2n) is 5.21. The monoisotopic (exact) mass is 283 g/mol. The zero-order valence-corrected chi connectivity index (χ0v) is 11.2. The van der Waals surface area contributed by atoms with E-state index in [1.165, 1.54) is 29.3 Å². The number of aromatic carboxylic acids is 1. The normalized spacial score (nSPS) is 13.9. The van der Waals surface area contributed by atoms with Gasteiger partial charge in [0.05, 0.1) is 10.5 Å². The predicted molar refractivity (Wildman–Crippen MR) is 76.6 cm³/mol. The molecule has 0 aromatic heterocycles. The summed E-state index contributed by atoms with van der Waals surface area (Å²) in [5.74, 6) is -1.11. The van der Waals surface area contributed by atoms with Gasteiger partial charge in [0.1, 0.15) is 0 Å². The number of rotatable bonds is 3. The summed E-state index contributed by atoms with van der Waals surface area (Å²) in [4.78, 5) is 21.8. The van der Waals surface area contributed by atoms with Crippen molar-refractivity contribution in [1.82, 2.24) is 0 Å². The quantitative estimate of drug-likeness (QED) is 0.693. The van der Waals surface area contributed by atoms with Crippen molar-refractivity contribution in [2.45, 2.75) is 18.8 Å². The SMILES string of the molecule is O=C(O)c1ccc([N+](=O)[O-])c(C2Cc3ccccc3C2)c1. The third-order valence-corrected chi connectivity index (χ3v) is 3.96. The molecule has 21 heavy (non-hydrogen) atoms. The Balaban J connectivity index is 2.04. The highest BCUT2D eigenvalue weighted by Crippen LogP contribution is 2.38. The van der Waals surface area contributed by atoms with Gasteiger partial charge in [-0.2, -0.15) is 0 Å². The van der Waals surface area contributed by atoms with E-state index in [0.717, 1.165) is 0 Å². The van der Waals surface area contributed by atoms with Crippen LogP contribution in [-0.2, 0) is 12.8 Å². The Kier molecular flexibility index (Phi) is 3.17. The molecule has 0 bridgehead atoms. The first-order chi connectivity index (χ1) is 10.1. The van der Waals surface area contributed by atoms with Crippen LogP contribution < -0.4 is 0 Å². The Morgan fingerprint density at radius 1 is 1.14 bits per heavy atom. The van der Waals surface area contributed by atoms with Gasteiger partial charge in [-0.25, -0.2) is 4.79 Å². The van der Waals surface area contributed by atoms with Gasteiger partial charge in [-0.05, 0) is 42.0 Å². The molecule has 5 heteroatoms. The van der Waals surface area contributed by atoms with Crippen molar-refractivity contribution in [2.24, 2.45) is 0 Å². The van der Waals surface area contributed by atoms with E-state index in [9.17, 15) is 14.9 Å². The zero-order chi connectivity index (χ0) is 15.0. The summed E-state index contributed by atoms with van der Waals surface area (Å²) in [7, 11) is 0. The maximum absolute atomic E-state index is 11.2. The van der Waals surface area contributed by atoms with Gasteiger partial charge in [-0.3, -0.25) is 10.1 Å². The Bertz CT molecular complexity index is 714. The third-order valence-electron chi connectivity index (χ3n) is 3.96. The molecule has 106 valence electrons. The Morgan fingerprint density at radius 2 is 1.76 bits per heavy atom. The highest BCUT2D eigenvalue weighted by Gasteiger charge is 2.29. The van der Waals surface area contributed by atoms with Crippen LogP contribution in [0.25, 0.3) is 0 Å². The molecule has 0 heterocycles. The standard InChI is InChI=1S/C16H13NO4/c18-16(19)12-5-6-15(17(20)21)14(9-12)13-7-10-3-1-2-4-11(10)8-13/h1-6,9,13H,7-8H2,(H,18,19). The average molecular weight is 283 g/mol. The summed E-state index contributed by atoms with van der Waals surface area (Å²) in [5.41, 5.74) is 2.95. The summed E-state index contributed by atoms with van der Waals surface area (Å²) in [5, 5.41) is 20.3. The van der Waals surface area contributed by atoms with E-state index in [2.05, 4.69) is 0 Å². The molecular weight excluding hydrogens is 270 g/mol. The maximum atomic E-state index is 11.2. The Labute approximate surface area is 121 Å². The smallest absolute Gasteiger partial charge is 0.335 e. The van der Waals surface area contributed by atoms with Crippen molar-refractivity contribution in [2.75, 3.05) is 0 Å². The van der Waals surface area contributed by atoms with E-state index in [4.69, 9.17) is 5.11 Å². The summed E-state index contributed by atoms with van der Waals surface area (Å²) < 4.78 is 0. The minimum Gasteiger partial charge on any atom is -0.478 e. The van der Waals surface area contributed by atoms with Crippen molar-refractivity contribution >= 4 is 11.7 Å². The lowest BCUT2D eigenvalue weighted by atomic mass is 9.93. The molecule has 1 aliphatic rings. The van der Waals surface area contributed by atoms with Crippen LogP contribution in [-0.4, -0.2) is 16.0 Å². The Hall–Kier alpha value is -2.69. The van der Waals surface area contributed by atoms with Crippen molar-refractivity contribution < 1.29 is 14.8 Å². The first-order valence-corrected chi connectivity index (χ1v) is 6.64. The molecule has 2 aromatic carbocycles. The highest BCUT2D eigenvalue weighted by molar-refractivity contribution is 5.88. The van der Waals surface area contributed by atoms with Crippen LogP contribution in [0.1, 0.15) is 33.0 Å². The van der Waals surface area contributed by atoms with Gasteiger partial charge in [0.15, 0.2) is 0 Å². The number of benzene rings is 2. The minimum absolute atomic E-state index is 0.00203. The lowest BCUT2D eigenvalue weighted by Crippen LogP contribution is -2.06. The number of carboxylic acid groups (broad SMARTS) is 1. The van der Waals surface area contributed by atoms with Gasteiger partial charge in [0, 0.05) is 11.6 Å². The third kappa shape index (κ3) is 2.38. The largest absolute Gasteiger partial charge is 0.478 e. The van der Waals surface area contributed by atoms with Crippen molar-refractivity contribution in [1.29, 1.82) is 0 Å². The first kappa shape index (κ1) is 13.3. The van der Waals surface area contributed by atoms with E-state index in [1.807, 2.05) is 24.3 Å². The topological polar surface area (TPSA) is 80.4 Å². The maximum Gasteiger partial charge on any atom is 0.335 e. The van der Waals surface area contributed by atoms with Gasteiger partial charge >= 0.3 is 5.97 Å². The number of carbonyl (C=O) groups is 1. The number of nitro groups is 1. The van der Waals surface area contributed by atoms with E-state index < -0.39 is 10.9 Å². The van der Waals surface area contributed by atoms with Gasteiger partial charge in [-0.15, -0.1) is 0 Å². The molecule has 3 rings (SSSR count). The molecule has 0 radical (unpaired) electrons. The van der Waals surface area contributed by atoms with Gasteiger partial charge in [-0.1, -0.05) is 24.3 Å². The molecule has 0 saturated carbocycles. The summed E-state index contributed by atoms with van der Waals surface area (Å²) in [6.45, 7) is 0. The lowest BCUT2D eigenvalue weighted by molar-refractivity contribution is -0.385. The zero-order valence-electron chi connectivity index (χ0n) is 11.2. The Morgan fingerprint density at radius 3 is 2.29 bits per heavy atom. The molecule has 0 aliphatic heterocycles. The number of hydrogen-bond donors (Lipinski definition) is 1. The number of fused-ring (bicyclic) bond motifs is 1. The van der Waals surface area contributed by atoms with Crippen LogP contribution in [0.3, 0.4) is 0 Å². The van der Waals surface area contributed by atoms with Crippen molar-refractivity contribution in [3.05, 3.63) is 74.8 Å². The van der Waals surface area contributed by atoms with Crippen LogP contribution in [0.15, 0.2) is 42.5 Å². The molecule has 0 spiro atoms. The van der Waals surface area contributed by atoms with Gasteiger partial charge < -0.3 is 5.11 Å². The molecule has 5 nitrogen and oxygen atoms in total. The summed E-state index contributed by atoms with van der Waals surface area (Å²) in [6.07, 6.45) is 1.42. The number of carboxylic acids is 1. The predicted octanol–water partition coefficient (Wildman–Crippen LogP) is 3.18. The number of hydrogen-bond acceptors (Lipinski definition) is 3. The van der Waals surface area contributed by atoms with E-state index in [0.29, 0.717) is 18.4 Å². The van der Waals surface area contributed by atoms with Gasteiger partial charge in [0.25, 0.3) is 5.69 Å². The number of nitrogens with zero attached hydrogens (tertiary/aromatic N) is 1. The van der Waals surface area contributed by atoms with E-state index in [-0.39, 0.29) is 17.2 Å². The molecular formula is C16H13NO4. The van der Waals surface area contributed by atoms with E-state index >= 15 is 0 Å². The van der Waals surface area contributed by atoms with E-state index in [1.54, 1.807) is 0 Å². The molecule has 0 saturated heterocycles. The van der Waals surface area contributed by atoms with Crippen LogP contribution in [0.2, 0.25) is 0 Å². The van der Waals surface area contributed by atoms with Crippen molar-refractivity contribution in [3.8, 4) is 0 Å². The molecule has 1 aliphatic carbocycles. The second kappa shape index (κ2) is 5.01. The van der Waals surface area contributed by atoms with Gasteiger partial charge in [0.2, 0.25) is 0 Å². The number of nitro benzene ring substituents is 1. The minimum atomic E-state index is -1.07. The van der Waals surface area contributed by atoms with Crippen molar-refractivity contribution in [3.63, 3.8) is 0 Å². The fourth-order valence-electron chi connectivity index (χ4n) is 2.96. The second-order valence-corrected chi connectivity index (χ2v) is 5.21. The molecule has 1 N–H and O–H groups in total. The summed E-state index contributed by atoms with van der Waals surface area (Å²) >= 11 is 0. The molecule has 0 atom stereocenters. The van der Waals surface area contributed by atoms with Crippen LogP contribution >= 0.6 is 0 Å². The molecule has 0 amide bonds. The van der Waals surface area contributed by atoms with Crippen LogP contribution in [0, 0.1) is 10.1 Å². The van der Waals surface area contributed by atoms with Crippen LogP contribution in [0.5, 0.6) is 0 Å². The lowest BCUT2D eigenvalue weighted by Gasteiger charge is -2.11. The summed E-state index contributed by atoms with van der Waals surface area (Å²) in [6, 6.07) is 11.9. The van der Waals surface area contributed by atoms with Crippen LogP contribution in [0.4, 0.5) is 5.69 Å².